The summed E-state index contributed by atoms with van der Waals surface area (Å²) in [5.41, 5.74) is 1.93. The molecule has 3 rings (SSSR count). The molecule has 2 aromatic rings. The lowest BCUT2D eigenvalue weighted by Gasteiger charge is -2.36. The molecule has 138 valence electrons. The highest BCUT2D eigenvalue weighted by atomic mass is 79.9. The Hall–Kier alpha value is -1.56. The fraction of sp³-hybridized carbons (Fsp3) is 0.350. The van der Waals surface area contributed by atoms with E-state index in [0.29, 0.717) is 12.1 Å². The van der Waals surface area contributed by atoms with Crippen LogP contribution < -0.4 is 10.2 Å². The van der Waals surface area contributed by atoms with Gasteiger partial charge in [-0.05, 0) is 61.5 Å². The molecule has 6 heteroatoms. The number of nitrogens with one attached hydrogen (secondary N) is 1. The number of anilines is 1. The van der Waals surface area contributed by atoms with Gasteiger partial charge in [-0.15, -0.1) is 0 Å². The van der Waals surface area contributed by atoms with E-state index in [0.717, 1.165) is 48.6 Å². The van der Waals surface area contributed by atoms with Crippen molar-refractivity contribution in [3.63, 3.8) is 0 Å². The van der Waals surface area contributed by atoms with Crippen LogP contribution in [0.4, 0.5) is 5.69 Å². The largest absolute Gasteiger partial charge is 0.369 e. The minimum atomic E-state index is -0.00921. The first kappa shape index (κ1) is 19.2. The average molecular weight is 437 g/mol. The number of hydrogen-bond donors (Lipinski definition) is 1. The van der Waals surface area contributed by atoms with Crippen LogP contribution in [0.1, 0.15) is 16.8 Å². The topological polar surface area (TPSA) is 35.6 Å². The first-order valence-electron chi connectivity index (χ1n) is 8.88. The maximum absolute atomic E-state index is 12.1. The Labute approximate surface area is 168 Å². The number of hydrogen-bond acceptors (Lipinski definition) is 3. The van der Waals surface area contributed by atoms with Crippen molar-refractivity contribution in [1.82, 2.24) is 10.2 Å². The first-order chi connectivity index (χ1) is 12.6. The highest BCUT2D eigenvalue weighted by Crippen LogP contribution is 2.19. The Kier molecular flexibility index (Phi) is 6.94. The second-order valence-corrected chi connectivity index (χ2v) is 7.77. The summed E-state index contributed by atoms with van der Waals surface area (Å²) in [6, 6.07) is 15.5. The minimum Gasteiger partial charge on any atom is -0.369 e. The summed E-state index contributed by atoms with van der Waals surface area (Å²) in [5.74, 6) is -0.00921. The van der Waals surface area contributed by atoms with Gasteiger partial charge in [-0.25, -0.2) is 0 Å². The van der Waals surface area contributed by atoms with Crippen LogP contribution in [0.25, 0.3) is 0 Å². The first-order valence-corrected chi connectivity index (χ1v) is 10.1. The van der Waals surface area contributed by atoms with Gasteiger partial charge >= 0.3 is 0 Å². The fourth-order valence-corrected chi connectivity index (χ4v) is 3.48. The molecular weight excluding hydrogens is 414 g/mol. The Morgan fingerprint density at radius 1 is 1.00 bits per heavy atom. The van der Waals surface area contributed by atoms with Crippen LogP contribution in [0.5, 0.6) is 0 Å². The third kappa shape index (κ3) is 5.47. The van der Waals surface area contributed by atoms with Crippen molar-refractivity contribution in [2.75, 3.05) is 44.2 Å². The second-order valence-electron chi connectivity index (χ2n) is 6.42. The molecule has 1 aliphatic rings. The highest BCUT2D eigenvalue weighted by molar-refractivity contribution is 9.10. The summed E-state index contributed by atoms with van der Waals surface area (Å²) in [7, 11) is 0. The molecule has 1 amide bonds. The van der Waals surface area contributed by atoms with Crippen LogP contribution in [0.2, 0.25) is 5.02 Å². The zero-order valence-electron chi connectivity index (χ0n) is 14.6. The smallest absolute Gasteiger partial charge is 0.251 e. The van der Waals surface area contributed by atoms with Gasteiger partial charge in [0.1, 0.15) is 0 Å². The molecule has 0 aromatic heterocycles. The molecular formula is C20H23BrClN3O. The van der Waals surface area contributed by atoms with Gasteiger partial charge in [0.2, 0.25) is 0 Å². The molecule has 0 saturated carbocycles. The number of carbonyl (C=O) groups excluding carboxylic acids is 1. The third-order valence-electron chi connectivity index (χ3n) is 4.61. The standard InChI is InChI=1S/C20H23BrClN3O/c21-17-4-2-16(3-5-17)20(26)23-10-1-11-24-12-14-25(15-13-24)19-8-6-18(22)7-9-19/h2-9H,1,10-15H2,(H,23,26). The van der Waals surface area contributed by atoms with Gasteiger partial charge < -0.3 is 10.2 Å². The Morgan fingerprint density at radius 2 is 1.65 bits per heavy atom. The van der Waals surface area contributed by atoms with Crippen LogP contribution in [0.3, 0.4) is 0 Å². The average Bonchev–Trinajstić information content (AvgIpc) is 2.67. The van der Waals surface area contributed by atoms with Gasteiger partial charge in [-0.1, -0.05) is 27.5 Å². The van der Waals surface area contributed by atoms with Crippen molar-refractivity contribution in [2.45, 2.75) is 6.42 Å². The molecule has 0 bridgehead atoms. The van der Waals surface area contributed by atoms with Crippen molar-refractivity contribution in [3.8, 4) is 0 Å². The van der Waals surface area contributed by atoms with E-state index in [1.54, 1.807) is 0 Å². The number of amides is 1. The lowest BCUT2D eigenvalue weighted by molar-refractivity contribution is 0.0951. The molecule has 1 saturated heterocycles. The van der Waals surface area contributed by atoms with Crippen LogP contribution in [-0.4, -0.2) is 50.1 Å². The number of piperazine rings is 1. The van der Waals surface area contributed by atoms with Crippen molar-refractivity contribution in [1.29, 1.82) is 0 Å². The van der Waals surface area contributed by atoms with E-state index < -0.39 is 0 Å². The summed E-state index contributed by atoms with van der Waals surface area (Å²) in [6.07, 6.45) is 0.962. The quantitative estimate of drug-likeness (QED) is 0.694. The van der Waals surface area contributed by atoms with E-state index in [2.05, 4.69) is 43.2 Å². The minimum absolute atomic E-state index is 0.00921. The van der Waals surface area contributed by atoms with E-state index in [4.69, 9.17) is 11.6 Å². The Bertz CT molecular complexity index is 713. The lowest BCUT2D eigenvalue weighted by Crippen LogP contribution is -2.47. The predicted molar refractivity (Wildman–Crippen MR) is 111 cm³/mol. The van der Waals surface area contributed by atoms with Gasteiger partial charge in [0, 0.05) is 53.5 Å². The summed E-state index contributed by atoms with van der Waals surface area (Å²) in [4.78, 5) is 16.9. The van der Waals surface area contributed by atoms with Gasteiger partial charge in [-0.2, -0.15) is 0 Å². The highest BCUT2D eigenvalue weighted by Gasteiger charge is 2.16. The van der Waals surface area contributed by atoms with Gasteiger partial charge in [0.15, 0.2) is 0 Å². The summed E-state index contributed by atoms with van der Waals surface area (Å²) in [5, 5.41) is 3.77. The molecule has 0 aliphatic carbocycles. The number of carbonyl (C=O) groups is 1. The van der Waals surface area contributed by atoms with E-state index in [9.17, 15) is 4.79 Å². The van der Waals surface area contributed by atoms with Crippen LogP contribution >= 0.6 is 27.5 Å². The zero-order valence-corrected chi connectivity index (χ0v) is 17.0. The maximum Gasteiger partial charge on any atom is 0.251 e. The van der Waals surface area contributed by atoms with Crippen LogP contribution in [0.15, 0.2) is 53.0 Å². The molecule has 0 radical (unpaired) electrons. The maximum atomic E-state index is 12.1. The van der Waals surface area contributed by atoms with Crippen molar-refractivity contribution < 1.29 is 4.79 Å². The van der Waals surface area contributed by atoms with Crippen molar-refractivity contribution in [2.24, 2.45) is 0 Å². The third-order valence-corrected chi connectivity index (χ3v) is 5.39. The molecule has 0 spiro atoms. The second kappa shape index (κ2) is 9.40. The zero-order chi connectivity index (χ0) is 18.4. The van der Waals surface area contributed by atoms with Crippen LogP contribution in [-0.2, 0) is 0 Å². The number of rotatable bonds is 6. The predicted octanol–water partition coefficient (Wildman–Crippen LogP) is 4.04. The lowest BCUT2D eigenvalue weighted by atomic mass is 10.2. The van der Waals surface area contributed by atoms with Gasteiger partial charge in [-0.3, -0.25) is 9.69 Å². The molecule has 1 heterocycles. The molecule has 0 unspecified atom stereocenters. The molecule has 26 heavy (non-hydrogen) atoms. The summed E-state index contributed by atoms with van der Waals surface area (Å²) >= 11 is 9.33. The van der Waals surface area contributed by atoms with Crippen molar-refractivity contribution in [3.05, 3.63) is 63.6 Å². The van der Waals surface area contributed by atoms with Crippen molar-refractivity contribution >= 4 is 39.1 Å². The SMILES string of the molecule is O=C(NCCCN1CCN(c2ccc(Cl)cc2)CC1)c1ccc(Br)cc1. The van der Waals surface area contributed by atoms with Gasteiger partial charge in [0.25, 0.3) is 5.91 Å². The molecule has 2 aromatic carbocycles. The number of halogens is 2. The van der Waals surface area contributed by atoms with E-state index >= 15 is 0 Å². The molecule has 1 fully saturated rings. The van der Waals surface area contributed by atoms with E-state index in [1.165, 1.54) is 5.69 Å². The normalized spacial score (nSPS) is 15.1. The molecule has 1 N–H and O–H groups in total. The molecule has 1 aliphatic heterocycles. The Morgan fingerprint density at radius 3 is 2.31 bits per heavy atom. The molecule has 4 nitrogen and oxygen atoms in total. The molecule has 0 atom stereocenters. The summed E-state index contributed by atoms with van der Waals surface area (Å²) in [6.45, 7) is 5.84. The van der Waals surface area contributed by atoms with Gasteiger partial charge in [0.05, 0.1) is 0 Å². The van der Waals surface area contributed by atoms with Crippen LogP contribution in [0, 0.1) is 0 Å². The fourth-order valence-electron chi connectivity index (χ4n) is 3.09. The Balaban J connectivity index is 1.34. The number of nitrogens with zero attached hydrogens (tertiary/aromatic N) is 2. The van der Waals surface area contributed by atoms with E-state index in [-0.39, 0.29) is 5.91 Å². The van der Waals surface area contributed by atoms with E-state index in [1.807, 2.05) is 36.4 Å². The summed E-state index contributed by atoms with van der Waals surface area (Å²) < 4.78 is 0.979. The number of benzene rings is 2. The monoisotopic (exact) mass is 435 g/mol.